The summed E-state index contributed by atoms with van der Waals surface area (Å²) >= 11 is 0. The number of H-pyrrole nitrogens is 1. The third-order valence-electron chi connectivity index (χ3n) is 6.43. The number of rotatable bonds is 5. The van der Waals surface area contributed by atoms with Gasteiger partial charge < -0.3 is 29.0 Å². The Kier molecular flexibility index (Phi) is 5.22. The van der Waals surface area contributed by atoms with E-state index in [0.29, 0.717) is 45.2 Å². The van der Waals surface area contributed by atoms with Gasteiger partial charge in [0.25, 0.3) is 5.78 Å². The molecule has 10 heteroatoms. The van der Waals surface area contributed by atoms with Crippen molar-refractivity contribution in [3.05, 3.63) is 77.4 Å². The Labute approximate surface area is 210 Å². The number of imidazole rings is 1. The first kappa shape index (κ1) is 22.5. The van der Waals surface area contributed by atoms with Gasteiger partial charge in [-0.15, -0.1) is 0 Å². The molecule has 2 N–H and O–H groups in total. The summed E-state index contributed by atoms with van der Waals surface area (Å²) in [6, 6.07) is 16.0. The average molecular weight is 499 g/mol. The van der Waals surface area contributed by atoms with Crippen molar-refractivity contribution < 1.29 is 33.6 Å². The number of ketones is 1. The number of aromatic amines is 1. The molecule has 2 aliphatic heterocycles. The van der Waals surface area contributed by atoms with Gasteiger partial charge in [-0.25, -0.2) is 4.98 Å². The van der Waals surface area contributed by atoms with Crippen LogP contribution in [0, 0.1) is 0 Å². The Hall–Kier alpha value is -4.99. The summed E-state index contributed by atoms with van der Waals surface area (Å²) in [5, 5.41) is 11.4. The number of carbonyl (C=O) groups excluding carboxylic acids is 2. The maximum atomic E-state index is 13.4. The largest absolute Gasteiger partial charge is 0.507 e. The highest BCUT2D eigenvalue weighted by atomic mass is 16.7. The molecule has 0 saturated carbocycles. The lowest BCUT2D eigenvalue weighted by Crippen LogP contribution is -2.30. The van der Waals surface area contributed by atoms with Crippen LogP contribution in [0.3, 0.4) is 0 Å². The van der Waals surface area contributed by atoms with Gasteiger partial charge in [0, 0.05) is 11.6 Å². The predicted octanol–water partition coefficient (Wildman–Crippen LogP) is 3.94. The summed E-state index contributed by atoms with van der Waals surface area (Å²) in [6.45, 7) is 0.0621. The van der Waals surface area contributed by atoms with E-state index in [1.54, 1.807) is 74.9 Å². The number of carbonyl (C=O) groups is 2. The number of ether oxygens (including phenoxy) is 4. The van der Waals surface area contributed by atoms with E-state index < -0.39 is 17.7 Å². The second-order valence-electron chi connectivity index (χ2n) is 8.45. The molecule has 1 aromatic heterocycles. The van der Waals surface area contributed by atoms with E-state index in [-0.39, 0.29) is 24.1 Å². The van der Waals surface area contributed by atoms with E-state index in [1.807, 2.05) is 0 Å². The van der Waals surface area contributed by atoms with Crippen molar-refractivity contribution in [2.24, 2.45) is 0 Å². The number of hydrogen-bond donors (Lipinski definition) is 2. The van der Waals surface area contributed by atoms with Crippen molar-refractivity contribution in [2.45, 2.75) is 6.04 Å². The van der Waals surface area contributed by atoms with Crippen molar-refractivity contribution in [3.8, 4) is 23.0 Å². The van der Waals surface area contributed by atoms with Crippen LogP contribution in [0.5, 0.6) is 23.0 Å². The molecule has 4 aromatic rings. The summed E-state index contributed by atoms with van der Waals surface area (Å²) in [5.41, 5.74) is 2.03. The summed E-state index contributed by atoms with van der Waals surface area (Å²) in [5.74, 6) is 0.343. The van der Waals surface area contributed by atoms with E-state index in [2.05, 4.69) is 9.97 Å². The molecule has 1 amide bonds. The quantitative estimate of drug-likeness (QED) is 0.241. The number of nitrogens with one attached hydrogen (secondary N) is 1. The van der Waals surface area contributed by atoms with Crippen LogP contribution in [-0.4, -0.2) is 47.8 Å². The fraction of sp³-hybridized carbons (Fsp3) is 0.148. The van der Waals surface area contributed by atoms with Crippen LogP contribution in [0.15, 0.2) is 66.2 Å². The van der Waals surface area contributed by atoms with Crippen LogP contribution in [0.25, 0.3) is 16.8 Å². The highest BCUT2D eigenvalue weighted by Crippen LogP contribution is 2.43. The molecule has 10 nitrogen and oxygen atoms in total. The monoisotopic (exact) mass is 499 g/mol. The SMILES string of the molecule is COc1ccc(C2/C(=C(\O)c3ccc4c(c3)OCO4)C(=O)C(=O)N2c2nc3ccc(OC)cc3[nH]2)cc1. The third kappa shape index (κ3) is 3.61. The molecule has 3 aromatic carbocycles. The van der Waals surface area contributed by atoms with Crippen molar-refractivity contribution in [3.63, 3.8) is 0 Å². The number of Topliss-reactive ketones (excluding diaryl/α,β-unsaturated/α-hetero) is 1. The number of methoxy groups -OCH3 is 2. The van der Waals surface area contributed by atoms with Gasteiger partial charge in [-0.1, -0.05) is 12.1 Å². The molecular weight excluding hydrogens is 478 g/mol. The molecule has 6 rings (SSSR count). The van der Waals surface area contributed by atoms with Gasteiger partial charge in [0.15, 0.2) is 11.5 Å². The molecule has 1 unspecified atom stereocenters. The highest BCUT2D eigenvalue weighted by Gasteiger charge is 2.48. The number of benzene rings is 3. The number of aromatic nitrogens is 2. The van der Waals surface area contributed by atoms with Crippen LogP contribution in [-0.2, 0) is 9.59 Å². The van der Waals surface area contributed by atoms with Crippen molar-refractivity contribution in [2.75, 3.05) is 25.9 Å². The molecule has 0 spiro atoms. The molecule has 37 heavy (non-hydrogen) atoms. The summed E-state index contributed by atoms with van der Waals surface area (Å²) < 4.78 is 21.3. The molecule has 2 aliphatic rings. The number of amides is 1. The van der Waals surface area contributed by atoms with Gasteiger partial charge in [0.2, 0.25) is 12.7 Å². The highest BCUT2D eigenvalue weighted by molar-refractivity contribution is 6.51. The second kappa shape index (κ2) is 8.59. The number of anilines is 1. The number of hydrogen-bond acceptors (Lipinski definition) is 8. The first-order chi connectivity index (χ1) is 18.0. The van der Waals surface area contributed by atoms with E-state index in [4.69, 9.17) is 18.9 Å². The average Bonchev–Trinajstić information content (AvgIpc) is 3.63. The van der Waals surface area contributed by atoms with Gasteiger partial charge in [-0.3, -0.25) is 14.5 Å². The zero-order chi connectivity index (χ0) is 25.7. The smallest absolute Gasteiger partial charge is 0.302 e. The molecular formula is C27H21N3O7. The van der Waals surface area contributed by atoms with E-state index in [1.165, 1.54) is 4.90 Å². The first-order valence-corrected chi connectivity index (χ1v) is 11.4. The van der Waals surface area contributed by atoms with Crippen LogP contribution < -0.4 is 23.8 Å². The third-order valence-corrected chi connectivity index (χ3v) is 6.43. The van der Waals surface area contributed by atoms with Crippen LogP contribution >= 0.6 is 0 Å². The number of fused-ring (bicyclic) bond motifs is 2. The molecule has 0 aliphatic carbocycles. The molecule has 1 fully saturated rings. The van der Waals surface area contributed by atoms with Gasteiger partial charge >= 0.3 is 5.91 Å². The lowest BCUT2D eigenvalue weighted by atomic mass is 9.95. The molecule has 1 atom stereocenters. The topological polar surface area (TPSA) is 123 Å². The zero-order valence-electron chi connectivity index (χ0n) is 19.8. The standard InChI is InChI=1S/C27H21N3O7/c1-34-16-6-3-14(4-7-16)23-22(24(31)15-5-10-20-21(11-15)37-13-36-20)25(32)26(33)30(23)27-28-18-9-8-17(35-2)12-19(18)29-27/h3-12,23,31H,13H2,1-2H3,(H,28,29)/b24-22+. The van der Waals surface area contributed by atoms with Crippen molar-refractivity contribution in [1.29, 1.82) is 0 Å². The first-order valence-electron chi connectivity index (χ1n) is 11.4. The number of nitrogens with zero attached hydrogens (tertiary/aromatic N) is 2. The fourth-order valence-electron chi connectivity index (χ4n) is 4.57. The Morgan fingerprint density at radius 3 is 2.46 bits per heavy atom. The molecule has 3 heterocycles. The zero-order valence-corrected chi connectivity index (χ0v) is 19.8. The van der Waals surface area contributed by atoms with E-state index in [0.717, 1.165) is 0 Å². The van der Waals surface area contributed by atoms with Crippen LogP contribution in [0.1, 0.15) is 17.2 Å². The van der Waals surface area contributed by atoms with E-state index in [9.17, 15) is 14.7 Å². The molecule has 186 valence electrons. The van der Waals surface area contributed by atoms with Gasteiger partial charge in [-0.05, 0) is 48.0 Å². The maximum Gasteiger partial charge on any atom is 0.302 e. The fourth-order valence-corrected chi connectivity index (χ4v) is 4.57. The number of aliphatic hydroxyl groups excluding tert-OH is 1. The molecule has 0 bridgehead atoms. The van der Waals surface area contributed by atoms with Crippen molar-refractivity contribution >= 4 is 34.4 Å². The van der Waals surface area contributed by atoms with Gasteiger partial charge in [-0.2, -0.15) is 0 Å². The van der Waals surface area contributed by atoms with Gasteiger partial charge in [0.1, 0.15) is 17.3 Å². The molecule has 1 saturated heterocycles. The second-order valence-corrected chi connectivity index (χ2v) is 8.45. The summed E-state index contributed by atoms with van der Waals surface area (Å²) in [7, 11) is 3.10. The lowest BCUT2D eigenvalue weighted by Gasteiger charge is -2.23. The molecule has 0 radical (unpaired) electrons. The lowest BCUT2D eigenvalue weighted by molar-refractivity contribution is -0.132. The normalized spacial score (nSPS) is 18.0. The summed E-state index contributed by atoms with van der Waals surface area (Å²) in [4.78, 5) is 35.8. The minimum atomic E-state index is -0.959. The predicted molar refractivity (Wildman–Crippen MR) is 133 cm³/mol. The summed E-state index contributed by atoms with van der Waals surface area (Å²) in [6.07, 6.45) is 0. The van der Waals surface area contributed by atoms with Crippen LogP contribution in [0.4, 0.5) is 5.95 Å². The minimum Gasteiger partial charge on any atom is -0.507 e. The minimum absolute atomic E-state index is 0.0621. The van der Waals surface area contributed by atoms with Crippen LogP contribution in [0.2, 0.25) is 0 Å². The Morgan fingerprint density at radius 2 is 1.70 bits per heavy atom. The van der Waals surface area contributed by atoms with Crippen molar-refractivity contribution in [1.82, 2.24) is 9.97 Å². The number of aliphatic hydroxyl groups is 1. The van der Waals surface area contributed by atoms with E-state index >= 15 is 0 Å². The van der Waals surface area contributed by atoms with Gasteiger partial charge in [0.05, 0.1) is 36.9 Å². The Balaban J connectivity index is 1.53. The maximum absolute atomic E-state index is 13.4. The Morgan fingerprint density at radius 1 is 0.973 bits per heavy atom. The Bertz CT molecular complexity index is 1590.